The van der Waals surface area contributed by atoms with Gasteiger partial charge in [0.05, 0.1) is 12.8 Å². The van der Waals surface area contributed by atoms with Crippen molar-refractivity contribution in [1.29, 1.82) is 5.26 Å². The Morgan fingerprint density at radius 1 is 1.36 bits per heavy atom. The highest BCUT2D eigenvalue weighted by Gasteiger charge is 2.24. The molecule has 0 aliphatic heterocycles. The van der Waals surface area contributed by atoms with Gasteiger partial charge in [-0.3, -0.25) is 9.36 Å². The van der Waals surface area contributed by atoms with Crippen LogP contribution in [0.25, 0.3) is 5.88 Å². The smallest absolute Gasteiger partial charge is 0.256 e. The molecule has 3 heterocycles. The van der Waals surface area contributed by atoms with E-state index in [9.17, 15) is 10.1 Å². The van der Waals surface area contributed by atoms with Crippen molar-refractivity contribution in [3.8, 4) is 12.0 Å². The average Bonchev–Trinajstić information content (AvgIpc) is 3.24. The Morgan fingerprint density at radius 2 is 2.14 bits per heavy atom. The molecule has 0 atom stereocenters. The highest BCUT2D eigenvalue weighted by atomic mass is 16.4. The summed E-state index contributed by atoms with van der Waals surface area (Å²) in [7, 11) is 0. The summed E-state index contributed by atoms with van der Waals surface area (Å²) < 4.78 is 12.4. The molecule has 0 unspecified atom stereocenters. The lowest BCUT2D eigenvalue weighted by atomic mass is 10.1. The second-order valence-electron chi connectivity index (χ2n) is 4.68. The van der Waals surface area contributed by atoms with Crippen molar-refractivity contribution >= 4 is 5.91 Å². The molecule has 0 radical (unpaired) electrons. The molecule has 6 heteroatoms. The fraction of sp³-hybridized carbons (Fsp3) is 0.125. The minimum Gasteiger partial charge on any atom is -0.467 e. The van der Waals surface area contributed by atoms with Crippen molar-refractivity contribution in [3.63, 3.8) is 0 Å². The van der Waals surface area contributed by atoms with E-state index in [1.165, 1.54) is 6.26 Å². The molecule has 0 saturated heterocycles. The van der Waals surface area contributed by atoms with Gasteiger partial charge in [-0.15, -0.1) is 0 Å². The first-order chi connectivity index (χ1) is 10.7. The maximum absolute atomic E-state index is 12.4. The number of amides is 1. The van der Waals surface area contributed by atoms with Crippen LogP contribution in [-0.4, -0.2) is 10.5 Å². The highest BCUT2D eigenvalue weighted by molar-refractivity contribution is 5.98. The molecular formula is C16H13N3O3. The topological polar surface area (TPSA) is 84.1 Å². The zero-order chi connectivity index (χ0) is 15.5. The molecular weight excluding hydrogens is 282 g/mol. The van der Waals surface area contributed by atoms with E-state index in [-0.39, 0.29) is 23.6 Å². The van der Waals surface area contributed by atoms with Crippen LogP contribution in [-0.2, 0) is 6.54 Å². The predicted molar refractivity (Wildman–Crippen MR) is 77.4 cm³/mol. The molecule has 6 nitrogen and oxygen atoms in total. The largest absolute Gasteiger partial charge is 0.467 e. The van der Waals surface area contributed by atoms with E-state index in [0.717, 1.165) is 0 Å². The monoisotopic (exact) mass is 295 g/mol. The number of nitrogens with one attached hydrogen (secondary N) is 1. The van der Waals surface area contributed by atoms with Crippen LogP contribution in [0.3, 0.4) is 0 Å². The first-order valence-corrected chi connectivity index (χ1v) is 6.68. The molecule has 110 valence electrons. The minimum atomic E-state index is -0.368. The lowest BCUT2D eigenvalue weighted by Crippen LogP contribution is -2.23. The van der Waals surface area contributed by atoms with E-state index in [1.807, 2.05) is 18.2 Å². The molecule has 1 N–H and O–H groups in total. The lowest BCUT2D eigenvalue weighted by Gasteiger charge is -2.02. The van der Waals surface area contributed by atoms with Crippen molar-refractivity contribution in [1.82, 2.24) is 9.88 Å². The van der Waals surface area contributed by atoms with E-state index < -0.39 is 0 Å². The van der Waals surface area contributed by atoms with Gasteiger partial charge in [-0.1, -0.05) is 0 Å². The number of carbonyl (C=O) groups is 1. The van der Waals surface area contributed by atoms with Crippen LogP contribution in [0.1, 0.15) is 27.4 Å². The van der Waals surface area contributed by atoms with E-state index in [4.69, 9.17) is 8.83 Å². The lowest BCUT2D eigenvalue weighted by molar-refractivity contribution is 0.0946. The Kier molecular flexibility index (Phi) is 3.54. The van der Waals surface area contributed by atoms with Crippen molar-refractivity contribution in [2.24, 2.45) is 0 Å². The van der Waals surface area contributed by atoms with Crippen LogP contribution in [0.15, 0.2) is 51.8 Å². The number of hydrogen-bond donors (Lipinski definition) is 1. The van der Waals surface area contributed by atoms with Crippen molar-refractivity contribution in [2.75, 3.05) is 0 Å². The normalized spacial score (nSPS) is 10.4. The third kappa shape index (κ3) is 2.40. The van der Waals surface area contributed by atoms with Crippen molar-refractivity contribution in [3.05, 3.63) is 65.6 Å². The zero-order valence-electron chi connectivity index (χ0n) is 11.9. The Bertz CT molecular complexity index is 821. The number of hydrogen-bond acceptors (Lipinski definition) is 4. The molecule has 0 aliphatic rings. The van der Waals surface area contributed by atoms with Gasteiger partial charge < -0.3 is 14.2 Å². The van der Waals surface area contributed by atoms with Crippen LogP contribution in [0, 0.1) is 18.3 Å². The maximum atomic E-state index is 12.4. The van der Waals surface area contributed by atoms with Crippen LogP contribution in [0.2, 0.25) is 0 Å². The fourth-order valence-electron chi connectivity index (χ4n) is 2.23. The maximum Gasteiger partial charge on any atom is 0.256 e. The summed E-state index contributed by atoms with van der Waals surface area (Å²) in [6, 6.07) is 9.19. The van der Waals surface area contributed by atoms with Crippen molar-refractivity contribution in [2.45, 2.75) is 13.5 Å². The van der Waals surface area contributed by atoms with E-state index in [0.29, 0.717) is 17.4 Å². The van der Waals surface area contributed by atoms with E-state index >= 15 is 0 Å². The third-order valence-electron chi connectivity index (χ3n) is 3.25. The molecule has 3 aromatic heterocycles. The minimum absolute atomic E-state index is 0.214. The van der Waals surface area contributed by atoms with Gasteiger partial charge in [-0.2, -0.15) is 5.26 Å². The van der Waals surface area contributed by atoms with E-state index in [2.05, 4.69) is 5.32 Å². The number of nitrogens with zero attached hydrogens (tertiary/aromatic N) is 2. The predicted octanol–water partition coefficient (Wildman–Crippen LogP) is 2.77. The molecule has 0 aliphatic carbocycles. The van der Waals surface area contributed by atoms with E-state index in [1.54, 1.807) is 36.0 Å². The zero-order valence-corrected chi connectivity index (χ0v) is 11.9. The van der Waals surface area contributed by atoms with Crippen LogP contribution < -0.4 is 5.32 Å². The van der Waals surface area contributed by atoms with Gasteiger partial charge >= 0.3 is 0 Å². The summed E-state index contributed by atoms with van der Waals surface area (Å²) in [5.74, 6) is 1.01. The van der Waals surface area contributed by atoms with Gasteiger partial charge in [-0.05, 0) is 31.2 Å². The number of rotatable bonds is 4. The Labute approximate surface area is 126 Å². The average molecular weight is 295 g/mol. The Morgan fingerprint density at radius 3 is 2.77 bits per heavy atom. The van der Waals surface area contributed by atoms with Gasteiger partial charge in [0.2, 0.25) is 5.88 Å². The Hall–Kier alpha value is -3.20. The number of furan rings is 2. The van der Waals surface area contributed by atoms with Gasteiger partial charge in [-0.25, -0.2) is 0 Å². The standard InChI is InChI=1S/C16H13N3O3/c1-11-14(15(20)18-10-12-5-4-8-21-12)13(9-17)16(22-11)19-6-2-3-7-19/h2-8H,10H2,1H3,(H,18,20). The first kappa shape index (κ1) is 13.8. The molecule has 3 rings (SSSR count). The number of carbonyl (C=O) groups excluding carboxylic acids is 1. The molecule has 0 saturated carbocycles. The SMILES string of the molecule is Cc1oc(-n2cccc2)c(C#N)c1C(=O)NCc1ccco1. The van der Waals surface area contributed by atoms with Crippen molar-refractivity contribution < 1.29 is 13.6 Å². The number of aryl methyl sites for hydroxylation is 1. The third-order valence-corrected chi connectivity index (χ3v) is 3.25. The quantitative estimate of drug-likeness (QED) is 0.802. The summed E-state index contributed by atoms with van der Waals surface area (Å²) in [5, 5.41) is 12.1. The number of aromatic nitrogens is 1. The molecule has 3 aromatic rings. The molecule has 0 aromatic carbocycles. The Balaban J connectivity index is 1.90. The summed E-state index contributed by atoms with van der Waals surface area (Å²) >= 11 is 0. The second kappa shape index (κ2) is 5.66. The molecule has 0 spiro atoms. The van der Waals surface area contributed by atoms with Crippen LogP contribution in [0.4, 0.5) is 0 Å². The molecule has 1 amide bonds. The van der Waals surface area contributed by atoms with Crippen LogP contribution in [0.5, 0.6) is 0 Å². The van der Waals surface area contributed by atoms with Gasteiger partial charge in [0, 0.05) is 12.4 Å². The molecule has 0 fully saturated rings. The summed E-state index contributed by atoms with van der Waals surface area (Å²) in [6.07, 6.45) is 5.04. The first-order valence-electron chi connectivity index (χ1n) is 6.68. The van der Waals surface area contributed by atoms with Gasteiger partial charge in [0.1, 0.15) is 28.7 Å². The second-order valence-corrected chi connectivity index (χ2v) is 4.68. The molecule has 0 bridgehead atoms. The summed E-state index contributed by atoms with van der Waals surface area (Å²) in [4.78, 5) is 12.4. The highest BCUT2D eigenvalue weighted by Crippen LogP contribution is 2.25. The summed E-state index contributed by atoms with van der Waals surface area (Å²) in [6.45, 7) is 1.91. The van der Waals surface area contributed by atoms with Gasteiger partial charge in [0.15, 0.2) is 0 Å². The van der Waals surface area contributed by atoms with Gasteiger partial charge in [0.25, 0.3) is 5.91 Å². The fourth-order valence-corrected chi connectivity index (χ4v) is 2.23. The van der Waals surface area contributed by atoms with Crippen LogP contribution >= 0.6 is 0 Å². The summed E-state index contributed by atoms with van der Waals surface area (Å²) in [5.41, 5.74) is 0.461. The molecule has 22 heavy (non-hydrogen) atoms. The number of nitriles is 1.